The Morgan fingerprint density at radius 2 is 1.57 bits per heavy atom. The number of hydrogen-bond acceptors (Lipinski definition) is 2. The average Bonchev–Trinajstić information content (AvgIpc) is 2.98. The molecule has 0 bridgehead atoms. The summed E-state index contributed by atoms with van der Waals surface area (Å²) in [6.45, 7) is 0.245. The highest BCUT2D eigenvalue weighted by molar-refractivity contribution is 6.38. The molecule has 0 aliphatic carbocycles. The Hall–Kier alpha value is -2.46. The Kier molecular flexibility index (Phi) is 5.31. The lowest BCUT2D eigenvalue weighted by Gasteiger charge is -2.12. The first-order chi connectivity index (χ1) is 13.5. The van der Waals surface area contributed by atoms with Gasteiger partial charge in [0.1, 0.15) is 6.61 Å². The molecule has 0 atom stereocenters. The molecule has 0 unspecified atom stereocenters. The molecule has 28 heavy (non-hydrogen) atoms. The molecule has 4 rings (SSSR count). The van der Waals surface area contributed by atoms with Crippen LogP contribution in [0.5, 0.6) is 5.75 Å². The van der Waals surface area contributed by atoms with Crippen LogP contribution in [0, 0.1) is 0 Å². The smallest absolute Gasteiger partial charge is 0.256 e. The zero-order valence-electron chi connectivity index (χ0n) is 14.5. The molecular formula is C22H14Cl3NO2. The number of hydrogen-bond donors (Lipinski definition) is 1. The number of anilines is 1. The van der Waals surface area contributed by atoms with Gasteiger partial charge in [-0.15, -0.1) is 0 Å². The molecule has 0 radical (unpaired) electrons. The molecule has 1 aliphatic rings. The van der Waals surface area contributed by atoms with Crippen LogP contribution >= 0.6 is 34.8 Å². The number of nitrogens with one attached hydrogen (secondary N) is 1. The molecule has 0 saturated heterocycles. The first kappa shape index (κ1) is 18.9. The summed E-state index contributed by atoms with van der Waals surface area (Å²) in [6.07, 6.45) is 1.76. The average molecular weight is 431 g/mol. The number of fused-ring (bicyclic) bond motifs is 1. The lowest BCUT2D eigenvalue weighted by Crippen LogP contribution is -2.03. The van der Waals surface area contributed by atoms with E-state index in [1.807, 2.05) is 42.5 Å². The van der Waals surface area contributed by atoms with Crippen molar-refractivity contribution in [3.8, 4) is 5.75 Å². The number of amides is 1. The van der Waals surface area contributed by atoms with Crippen molar-refractivity contribution in [1.82, 2.24) is 0 Å². The number of para-hydroxylation sites is 1. The van der Waals surface area contributed by atoms with Gasteiger partial charge in [0, 0.05) is 27.4 Å². The largest absolute Gasteiger partial charge is 0.486 e. The van der Waals surface area contributed by atoms with Crippen LogP contribution in [0.2, 0.25) is 15.1 Å². The molecule has 3 aromatic rings. The lowest BCUT2D eigenvalue weighted by molar-refractivity contribution is -0.110. The van der Waals surface area contributed by atoms with E-state index in [2.05, 4.69) is 5.32 Å². The molecule has 6 heteroatoms. The maximum absolute atomic E-state index is 12.3. The first-order valence-electron chi connectivity index (χ1n) is 8.50. The molecule has 3 aromatic carbocycles. The molecule has 1 heterocycles. The van der Waals surface area contributed by atoms with E-state index < -0.39 is 0 Å². The number of carbonyl (C=O) groups excluding carboxylic acids is 1. The summed E-state index contributed by atoms with van der Waals surface area (Å²) in [6, 6.07) is 18.4. The fourth-order valence-electron chi connectivity index (χ4n) is 3.01. The standard InChI is InChI=1S/C22H14Cl3NO2/c23-17-7-3-1-5-14(17)12-28-21-18(24)10-13(11-19(21)25)9-16-15-6-2-4-8-20(15)26-22(16)27/h1-11H,12H2,(H,26,27)/b16-9-. The zero-order chi connectivity index (χ0) is 19.7. The van der Waals surface area contributed by atoms with Crippen molar-refractivity contribution in [3.63, 3.8) is 0 Å². The Labute approximate surface area is 177 Å². The van der Waals surface area contributed by atoms with Gasteiger partial charge in [0.2, 0.25) is 0 Å². The second-order valence-corrected chi connectivity index (χ2v) is 7.47. The summed E-state index contributed by atoms with van der Waals surface area (Å²) < 4.78 is 5.79. The summed E-state index contributed by atoms with van der Waals surface area (Å²) in [5.41, 5.74) is 3.74. The highest BCUT2D eigenvalue weighted by Gasteiger charge is 2.23. The fraction of sp³-hybridized carbons (Fsp3) is 0.0455. The maximum Gasteiger partial charge on any atom is 0.256 e. The van der Waals surface area contributed by atoms with Crippen molar-refractivity contribution in [2.24, 2.45) is 0 Å². The molecule has 1 N–H and O–H groups in total. The van der Waals surface area contributed by atoms with Gasteiger partial charge in [0.05, 0.1) is 10.0 Å². The zero-order valence-corrected chi connectivity index (χ0v) is 16.8. The Bertz CT molecular complexity index is 1090. The van der Waals surface area contributed by atoms with Gasteiger partial charge < -0.3 is 10.1 Å². The number of benzene rings is 3. The molecule has 1 aliphatic heterocycles. The van der Waals surface area contributed by atoms with Crippen LogP contribution < -0.4 is 10.1 Å². The molecule has 0 aromatic heterocycles. The van der Waals surface area contributed by atoms with E-state index >= 15 is 0 Å². The summed E-state index contributed by atoms with van der Waals surface area (Å²) in [4.78, 5) is 12.3. The van der Waals surface area contributed by atoms with E-state index in [-0.39, 0.29) is 12.5 Å². The molecule has 0 fully saturated rings. The predicted molar refractivity (Wildman–Crippen MR) is 115 cm³/mol. The number of carbonyl (C=O) groups is 1. The van der Waals surface area contributed by atoms with Crippen molar-refractivity contribution in [2.75, 3.05) is 5.32 Å². The van der Waals surface area contributed by atoms with Crippen LogP contribution in [0.4, 0.5) is 5.69 Å². The second-order valence-electron chi connectivity index (χ2n) is 6.25. The van der Waals surface area contributed by atoms with Crippen molar-refractivity contribution < 1.29 is 9.53 Å². The van der Waals surface area contributed by atoms with Gasteiger partial charge in [-0.1, -0.05) is 71.2 Å². The third-order valence-corrected chi connectivity index (χ3v) is 5.30. The van der Waals surface area contributed by atoms with Crippen LogP contribution in [0.3, 0.4) is 0 Å². The lowest BCUT2D eigenvalue weighted by atomic mass is 10.0. The molecule has 1 amide bonds. The number of ether oxygens (including phenoxy) is 1. The van der Waals surface area contributed by atoms with Crippen LogP contribution in [-0.2, 0) is 11.4 Å². The Morgan fingerprint density at radius 1 is 0.893 bits per heavy atom. The third-order valence-electron chi connectivity index (χ3n) is 4.37. The van der Waals surface area contributed by atoms with Crippen LogP contribution in [0.15, 0.2) is 60.7 Å². The Morgan fingerprint density at radius 3 is 2.32 bits per heavy atom. The summed E-state index contributed by atoms with van der Waals surface area (Å²) in [5.74, 6) is 0.217. The summed E-state index contributed by atoms with van der Waals surface area (Å²) >= 11 is 18.9. The van der Waals surface area contributed by atoms with Crippen molar-refractivity contribution in [1.29, 1.82) is 0 Å². The summed E-state index contributed by atoms with van der Waals surface area (Å²) in [7, 11) is 0. The minimum Gasteiger partial charge on any atom is -0.486 e. The fourth-order valence-corrected chi connectivity index (χ4v) is 3.82. The van der Waals surface area contributed by atoms with Gasteiger partial charge in [-0.05, 0) is 35.9 Å². The van der Waals surface area contributed by atoms with Crippen LogP contribution in [0.1, 0.15) is 16.7 Å². The number of rotatable bonds is 4. The Balaban J connectivity index is 1.61. The second kappa shape index (κ2) is 7.88. The van der Waals surface area contributed by atoms with Gasteiger partial charge >= 0.3 is 0 Å². The SMILES string of the molecule is O=C1Nc2ccccc2/C1=C/c1cc(Cl)c(OCc2ccccc2Cl)c(Cl)c1. The molecule has 0 saturated carbocycles. The van der Waals surface area contributed by atoms with E-state index in [4.69, 9.17) is 39.5 Å². The topological polar surface area (TPSA) is 38.3 Å². The van der Waals surface area contributed by atoms with E-state index in [0.717, 1.165) is 16.8 Å². The molecule has 3 nitrogen and oxygen atoms in total. The monoisotopic (exact) mass is 429 g/mol. The third kappa shape index (κ3) is 3.74. The van der Waals surface area contributed by atoms with Gasteiger partial charge in [-0.25, -0.2) is 0 Å². The van der Waals surface area contributed by atoms with E-state index in [1.54, 1.807) is 24.3 Å². The quantitative estimate of drug-likeness (QED) is 0.467. The van der Waals surface area contributed by atoms with Gasteiger partial charge in [-0.2, -0.15) is 0 Å². The van der Waals surface area contributed by atoms with Crippen LogP contribution in [0.25, 0.3) is 11.6 Å². The first-order valence-corrected chi connectivity index (χ1v) is 9.64. The van der Waals surface area contributed by atoms with Crippen molar-refractivity contribution in [2.45, 2.75) is 6.61 Å². The predicted octanol–water partition coefficient (Wildman–Crippen LogP) is 6.72. The molecule has 0 spiro atoms. The minimum atomic E-state index is -0.160. The molecule has 140 valence electrons. The van der Waals surface area contributed by atoms with E-state index in [1.165, 1.54) is 0 Å². The normalized spacial score (nSPS) is 14.1. The van der Waals surface area contributed by atoms with Gasteiger partial charge in [-0.3, -0.25) is 4.79 Å². The van der Waals surface area contributed by atoms with Crippen molar-refractivity contribution in [3.05, 3.63) is 92.4 Å². The van der Waals surface area contributed by atoms with Gasteiger partial charge in [0.15, 0.2) is 5.75 Å². The minimum absolute atomic E-state index is 0.160. The van der Waals surface area contributed by atoms with Crippen molar-refractivity contribution >= 4 is 58.0 Å². The maximum atomic E-state index is 12.3. The molecular weight excluding hydrogens is 417 g/mol. The van der Waals surface area contributed by atoms with Gasteiger partial charge in [0.25, 0.3) is 5.91 Å². The van der Waals surface area contributed by atoms with Crippen LogP contribution in [-0.4, -0.2) is 5.91 Å². The van der Waals surface area contributed by atoms with E-state index in [9.17, 15) is 4.79 Å². The summed E-state index contributed by atoms with van der Waals surface area (Å²) in [5, 5.41) is 4.17. The number of halogens is 3. The highest BCUT2D eigenvalue weighted by atomic mass is 35.5. The highest BCUT2D eigenvalue weighted by Crippen LogP contribution is 2.38. The van der Waals surface area contributed by atoms with E-state index in [0.29, 0.717) is 32.0 Å².